The standard InChI is InChI=1S/C8H5F6NO2/c9-7(10,11)16-15(17-8(12,13)14)6-4-2-1-3-5-6/h1-5H. The number of rotatable bonds is 3. The van der Waals surface area contributed by atoms with Crippen molar-refractivity contribution in [2.75, 3.05) is 5.23 Å². The van der Waals surface area contributed by atoms with E-state index in [9.17, 15) is 26.3 Å². The number of benzene rings is 1. The van der Waals surface area contributed by atoms with Crippen molar-refractivity contribution in [1.82, 2.24) is 0 Å². The summed E-state index contributed by atoms with van der Waals surface area (Å²) < 4.78 is 71.1. The van der Waals surface area contributed by atoms with Crippen molar-refractivity contribution in [1.29, 1.82) is 0 Å². The predicted molar refractivity (Wildman–Crippen MR) is 43.2 cm³/mol. The first-order valence-corrected chi connectivity index (χ1v) is 4.04. The molecule has 0 saturated heterocycles. The Morgan fingerprint density at radius 1 is 0.765 bits per heavy atom. The first-order chi connectivity index (χ1) is 7.67. The maximum Gasteiger partial charge on any atom is 0.545 e. The van der Waals surface area contributed by atoms with Crippen LogP contribution in [0, 0.1) is 0 Å². The lowest BCUT2D eigenvalue weighted by molar-refractivity contribution is -0.419. The van der Waals surface area contributed by atoms with Crippen LogP contribution in [0.2, 0.25) is 0 Å². The van der Waals surface area contributed by atoms with Gasteiger partial charge >= 0.3 is 12.7 Å². The lowest BCUT2D eigenvalue weighted by atomic mass is 10.3. The van der Waals surface area contributed by atoms with Crippen molar-refractivity contribution in [3.63, 3.8) is 0 Å². The Balaban J connectivity index is 2.87. The Kier molecular flexibility index (Phi) is 3.83. The average Bonchev–Trinajstić information content (AvgIpc) is 2.14. The third kappa shape index (κ3) is 5.41. The lowest BCUT2D eigenvalue weighted by Crippen LogP contribution is -2.36. The van der Waals surface area contributed by atoms with Crippen LogP contribution in [-0.4, -0.2) is 12.7 Å². The number of anilines is 1. The zero-order chi connectivity index (χ0) is 13.1. The minimum Gasteiger partial charge on any atom is -0.146 e. The first kappa shape index (κ1) is 13.6. The monoisotopic (exact) mass is 261 g/mol. The van der Waals surface area contributed by atoms with Gasteiger partial charge in [0.2, 0.25) is 0 Å². The fourth-order valence-electron chi connectivity index (χ4n) is 0.862. The lowest BCUT2D eigenvalue weighted by Gasteiger charge is -2.23. The molecule has 1 rings (SSSR count). The van der Waals surface area contributed by atoms with Crippen LogP contribution in [0.5, 0.6) is 0 Å². The second kappa shape index (κ2) is 4.80. The van der Waals surface area contributed by atoms with Gasteiger partial charge in [-0.2, -0.15) is 0 Å². The third-order valence-corrected chi connectivity index (χ3v) is 1.34. The molecule has 0 saturated carbocycles. The number of hydrogen-bond donors (Lipinski definition) is 0. The summed E-state index contributed by atoms with van der Waals surface area (Å²) in [6.45, 7) is 0. The van der Waals surface area contributed by atoms with E-state index >= 15 is 0 Å². The Morgan fingerprint density at radius 3 is 1.53 bits per heavy atom. The van der Waals surface area contributed by atoms with Crippen LogP contribution in [0.3, 0.4) is 0 Å². The van der Waals surface area contributed by atoms with Gasteiger partial charge in [0.1, 0.15) is 0 Å². The molecule has 0 N–H and O–H groups in total. The fraction of sp³-hybridized carbons (Fsp3) is 0.250. The van der Waals surface area contributed by atoms with Crippen LogP contribution in [-0.2, 0) is 9.68 Å². The summed E-state index contributed by atoms with van der Waals surface area (Å²) in [5.74, 6) is 0. The number of para-hydroxylation sites is 1. The SMILES string of the molecule is FC(F)(F)ON(OC(F)(F)F)c1ccccc1. The molecule has 17 heavy (non-hydrogen) atoms. The minimum absolute atomic E-state index is 0.554. The molecule has 0 amide bonds. The number of alkyl halides is 6. The fourth-order valence-corrected chi connectivity index (χ4v) is 0.862. The average molecular weight is 261 g/mol. The van der Waals surface area contributed by atoms with Crippen LogP contribution in [0.15, 0.2) is 30.3 Å². The molecule has 1 aromatic rings. The second-order valence-corrected chi connectivity index (χ2v) is 2.67. The van der Waals surface area contributed by atoms with E-state index in [1.165, 1.54) is 18.2 Å². The van der Waals surface area contributed by atoms with Crippen molar-refractivity contribution in [3.05, 3.63) is 30.3 Å². The van der Waals surface area contributed by atoms with E-state index in [0.717, 1.165) is 12.1 Å². The Bertz CT molecular complexity index is 333. The summed E-state index contributed by atoms with van der Waals surface area (Å²) in [7, 11) is 0. The topological polar surface area (TPSA) is 21.7 Å². The number of hydrogen-bond acceptors (Lipinski definition) is 3. The molecule has 0 aromatic heterocycles. The second-order valence-electron chi connectivity index (χ2n) is 2.67. The van der Waals surface area contributed by atoms with Crippen molar-refractivity contribution >= 4 is 5.69 Å². The highest BCUT2D eigenvalue weighted by Gasteiger charge is 2.41. The zero-order valence-electron chi connectivity index (χ0n) is 7.92. The molecule has 0 aliphatic carbocycles. The molecular weight excluding hydrogens is 256 g/mol. The summed E-state index contributed by atoms with van der Waals surface area (Å²) in [5.41, 5.74) is -0.554. The van der Waals surface area contributed by atoms with E-state index in [-0.39, 0.29) is 0 Å². The van der Waals surface area contributed by atoms with Gasteiger partial charge in [-0.1, -0.05) is 18.2 Å². The van der Waals surface area contributed by atoms with Gasteiger partial charge in [-0.05, 0) is 12.1 Å². The van der Waals surface area contributed by atoms with Gasteiger partial charge in [0.15, 0.2) is 0 Å². The predicted octanol–water partition coefficient (Wildman–Crippen LogP) is 3.40. The van der Waals surface area contributed by atoms with Gasteiger partial charge < -0.3 is 0 Å². The number of nitrogens with zero attached hydrogens (tertiary/aromatic N) is 1. The normalized spacial score (nSPS) is 12.6. The van der Waals surface area contributed by atoms with Crippen molar-refractivity contribution in [2.24, 2.45) is 0 Å². The summed E-state index contributed by atoms with van der Waals surface area (Å²) in [5, 5.41) is -0.750. The highest BCUT2D eigenvalue weighted by molar-refractivity contribution is 5.40. The molecule has 0 spiro atoms. The molecule has 96 valence electrons. The van der Waals surface area contributed by atoms with Gasteiger partial charge in [0.05, 0.1) is 5.69 Å². The molecule has 1 aromatic carbocycles. The molecule has 0 radical (unpaired) electrons. The summed E-state index contributed by atoms with van der Waals surface area (Å²) in [6.07, 6.45) is -10.6. The van der Waals surface area contributed by atoms with Gasteiger partial charge in [-0.15, -0.1) is 41.2 Å². The van der Waals surface area contributed by atoms with E-state index in [1.807, 2.05) is 0 Å². The highest BCUT2D eigenvalue weighted by Crippen LogP contribution is 2.28. The summed E-state index contributed by atoms with van der Waals surface area (Å²) in [4.78, 5) is 6.18. The Hall–Kier alpha value is -1.48. The van der Waals surface area contributed by atoms with E-state index in [2.05, 4.69) is 9.68 Å². The molecule has 0 fully saturated rings. The van der Waals surface area contributed by atoms with Crippen molar-refractivity contribution in [3.8, 4) is 0 Å². The molecule has 0 bridgehead atoms. The van der Waals surface area contributed by atoms with Crippen LogP contribution >= 0.6 is 0 Å². The van der Waals surface area contributed by atoms with E-state index in [1.54, 1.807) is 0 Å². The quantitative estimate of drug-likeness (QED) is 0.614. The van der Waals surface area contributed by atoms with E-state index in [0.29, 0.717) is 0 Å². The molecule has 3 nitrogen and oxygen atoms in total. The van der Waals surface area contributed by atoms with Crippen LogP contribution in [0.1, 0.15) is 0 Å². The van der Waals surface area contributed by atoms with Crippen molar-refractivity contribution in [2.45, 2.75) is 12.7 Å². The third-order valence-electron chi connectivity index (χ3n) is 1.34. The van der Waals surface area contributed by atoms with Crippen LogP contribution < -0.4 is 5.23 Å². The van der Waals surface area contributed by atoms with E-state index < -0.39 is 23.6 Å². The molecule has 0 unspecified atom stereocenters. The maximum atomic E-state index is 11.9. The van der Waals surface area contributed by atoms with Crippen LogP contribution in [0.25, 0.3) is 0 Å². The first-order valence-electron chi connectivity index (χ1n) is 4.04. The van der Waals surface area contributed by atoms with Gasteiger partial charge in [-0.3, -0.25) is 0 Å². The summed E-state index contributed by atoms with van der Waals surface area (Å²) in [6, 6.07) is 5.77. The number of halogens is 6. The molecular formula is C8H5F6NO2. The van der Waals surface area contributed by atoms with Gasteiger partial charge in [0.25, 0.3) is 0 Å². The largest absolute Gasteiger partial charge is 0.545 e. The molecule has 0 atom stereocenters. The Labute approximate surface area is 91.0 Å². The minimum atomic E-state index is -5.30. The van der Waals surface area contributed by atoms with Gasteiger partial charge in [-0.25, -0.2) is 0 Å². The zero-order valence-corrected chi connectivity index (χ0v) is 7.92. The summed E-state index contributed by atoms with van der Waals surface area (Å²) >= 11 is 0. The highest BCUT2D eigenvalue weighted by atomic mass is 19.4. The Morgan fingerprint density at radius 2 is 1.18 bits per heavy atom. The molecule has 0 heterocycles. The molecule has 0 aliphatic heterocycles. The molecule has 0 aliphatic rings. The smallest absolute Gasteiger partial charge is 0.146 e. The van der Waals surface area contributed by atoms with Crippen LogP contribution in [0.4, 0.5) is 32.0 Å². The maximum absolute atomic E-state index is 11.9. The van der Waals surface area contributed by atoms with E-state index in [4.69, 9.17) is 0 Å². The van der Waals surface area contributed by atoms with Gasteiger partial charge in [0, 0.05) is 0 Å². The molecule has 9 heteroatoms. The van der Waals surface area contributed by atoms with Crippen molar-refractivity contribution < 1.29 is 36.0 Å².